The van der Waals surface area contributed by atoms with E-state index in [2.05, 4.69) is 0 Å². The Kier molecular flexibility index (Phi) is 8.58. The smallest absolute Gasteiger partial charge is 0.281 e. The molecule has 1 amide bonds. The number of hydrogen-bond donors (Lipinski definition) is 1. The predicted octanol–water partition coefficient (Wildman–Crippen LogP) is 3.21. The Morgan fingerprint density at radius 1 is 1.07 bits per heavy atom. The van der Waals surface area contributed by atoms with Gasteiger partial charge in [0.25, 0.3) is 5.91 Å². The molecule has 1 saturated heterocycles. The van der Waals surface area contributed by atoms with Crippen molar-refractivity contribution in [1.82, 2.24) is 5.06 Å². The minimum absolute atomic E-state index is 0. The quantitative estimate of drug-likeness (QED) is 0.676. The Morgan fingerprint density at radius 3 is 2.27 bits per heavy atom. The molecular formula is C21H27ClN2O6. The highest BCUT2D eigenvalue weighted by Crippen LogP contribution is 2.48. The zero-order valence-electron chi connectivity index (χ0n) is 17.3. The number of carbonyl (C=O) groups is 1. The number of halogens is 1. The summed E-state index contributed by atoms with van der Waals surface area (Å²) in [6, 6.07) is 9.15. The van der Waals surface area contributed by atoms with Crippen LogP contribution in [-0.2, 0) is 11.3 Å². The van der Waals surface area contributed by atoms with E-state index in [1.807, 2.05) is 24.3 Å². The minimum atomic E-state index is -0.330. The molecule has 0 spiro atoms. The molecule has 1 fully saturated rings. The first-order valence-corrected chi connectivity index (χ1v) is 9.37. The highest BCUT2D eigenvalue weighted by molar-refractivity contribution is 5.98. The van der Waals surface area contributed by atoms with Crippen molar-refractivity contribution in [3.05, 3.63) is 41.5 Å². The first-order valence-electron chi connectivity index (χ1n) is 9.37. The lowest BCUT2D eigenvalue weighted by molar-refractivity contribution is -0.0770. The minimum Gasteiger partial charge on any atom is -0.492 e. The van der Waals surface area contributed by atoms with Crippen LogP contribution in [0, 0.1) is 0 Å². The van der Waals surface area contributed by atoms with Crippen LogP contribution in [0.1, 0.15) is 22.3 Å². The van der Waals surface area contributed by atoms with Crippen molar-refractivity contribution in [2.24, 2.45) is 5.73 Å². The number of carbonyl (C=O) groups excluding carboxylic acids is 1. The van der Waals surface area contributed by atoms with Crippen LogP contribution in [0.5, 0.6) is 28.7 Å². The van der Waals surface area contributed by atoms with Crippen LogP contribution < -0.4 is 24.7 Å². The van der Waals surface area contributed by atoms with Crippen LogP contribution in [0.25, 0.3) is 0 Å². The standard InChI is InChI=1S/C21H26N2O6.ClH/c1-25-18-16(21(24)23-11-4-12-28-23)13-17(19(26-2)20(18)27-3)29-15-7-5-14(6-8-15)9-10-22;/h5-8,13H,4,9-12,22H2,1-3H3;1H. The number of benzene rings is 2. The summed E-state index contributed by atoms with van der Waals surface area (Å²) in [6.45, 7) is 1.59. The average molecular weight is 439 g/mol. The summed E-state index contributed by atoms with van der Waals surface area (Å²) in [5, 5.41) is 1.31. The molecule has 0 radical (unpaired) electrons. The Morgan fingerprint density at radius 2 is 1.73 bits per heavy atom. The third-order valence-electron chi connectivity index (χ3n) is 4.56. The summed E-state index contributed by atoms with van der Waals surface area (Å²) in [5.41, 5.74) is 6.97. The fourth-order valence-electron chi connectivity index (χ4n) is 3.18. The van der Waals surface area contributed by atoms with Gasteiger partial charge in [0.05, 0.1) is 40.0 Å². The lowest BCUT2D eigenvalue weighted by Crippen LogP contribution is -2.27. The monoisotopic (exact) mass is 438 g/mol. The molecule has 1 aliphatic rings. The van der Waals surface area contributed by atoms with Gasteiger partial charge in [-0.05, 0) is 37.1 Å². The number of nitrogens with two attached hydrogens (primary N) is 1. The topological polar surface area (TPSA) is 92.5 Å². The van der Waals surface area contributed by atoms with Gasteiger partial charge < -0.3 is 24.7 Å². The average Bonchev–Trinajstić information content (AvgIpc) is 3.28. The van der Waals surface area contributed by atoms with E-state index in [-0.39, 0.29) is 35.4 Å². The molecule has 0 atom stereocenters. The molecule has 1 heterocycles. The summed E-state index contributed by atoms with van der Waals surface area (Å²) >= 11 is 0. The molecule has 0 bridgehead atoms. The second-order valence-electron chi connectivity index (χ2n) is 6.40. The highest BCUT2D eigenvalue weighted by atomic mass is 35.5. The maximum atomic E-state index is 13.0. The number of amides is 1. The molecule has 1 aliphatic heterocycles. The summed E-state index contributed by atoms with van der Waals surface area (Å²) < 4.78 is 22.5. The van der Waals surface area contributed by atoms with Gasteiger partial charge in [0.1, 0.15) is 5.75 Å². The fraction of sp³-hybridized carbons (Fsp3) is 0.381. The first-order chi connectivity index (χ1) is 14.1. The van der Waals surface area contributed by atoms with Gasteiger partial charge in [-0.25, -0.2) is 5.06 Å². The Labute approximate surface area is 182 Å². The zero-order valence-corrected chi connectivity index (χ0v) is 18.1. The first kappa shape index (κ1) is 23.6. The van der Waals surface area contributed by atoms with Crippen LogP contribution >= 0.6 is 12.4 Å². The summed E-state index contributed by atoms with van der Waals surface area (Å²) in [5.74, 6) is 1.45. The van der Waals surface area contributed by atoms with Gasteiger partial charge in [-0.3, -0.25) is 9.63 Å². The van der Waals surface area contributed by atoms with Crippen molar-refractivity contribution in [1.29, 1.82) is 0 Å². The van der Waals surface area contributed by atoms with Crippen molar-refractivity contribution < 1.29 is 28.6 Å². The van der Waals surface area contributed by atoms with Crippen LogP contribution in [0.2, 0.25) is 0 Å². The molecule has 30 heavy (non-hydrogen) atoms. The number of hydroxylamine groups is 2. The Bertz CT molecular complexity index is 854. The number of ether oxygens (including phenoxy) is 4. The lowest BCUT2D eigenvalue weighted by atomic mass is 10.1. The van der Waals surface area contributed by atoms with E-state index in [4.69, 9.17) is 29.5 Å². The van der Waals surface area contributed by atoms with Gasteiger partial charge in [-0.1, -0.05) is 12.1 Å². The molecule has 3 rings (SSSR count). The number of methoxy groups -OCH3 is 3. The third kappa shape index (κ3) is 4.89. The van der Waals surface area contributed by atoms with Crippen molar-refractivity contribution in [2.45, 2.75) is 12.8 Å². The lowest BCUT2D eigenvalue weighted by Gasteiger charge is -2.21. The van der Waals surface area contributed by atoms with E-state index in [0.717, 1.165) is 18.4 Å². The van der Waals surface area contributed by atoms with E-state index in [1.54, 1.807) is 6.07 Å². The molecule has 164 valence electrons. The van der Waals surface area contributed by atoms with E-state index in [9.17, 15) is 4.79 Å². The van der Waals surface area contributed by atoms with Gasteiger partial charge in [0, 0.05) is 6.07 Å². The maximum Gasteiger partial charge on any atom is 0.281 e. The van der Waals surface area contributed by atoms with Crippen LogP contribution in [-0.4, -0.2) is 52.0 Å². The molecule has 0 saturated carbocycles. The molecular weight excluding hydrogens is 412 g/mol. The third-order valence-corrected chi connectivity index (χ3v) is 4.56. The predicted molar refractivity (Wildman–Crippen MR) is 114 cm³/mol. The number of hydrogen-bond acceptors (Lipinski definition) is 7. The molecule has 2 aromatic carbocycles. The number of nitrogens with zero attached hydrogens (tertiary/aromatic N) is 1. The normalized spacial score (nSPS) is 12.9. The van der Waals surface area contributed by atoms with Crippen LogP contribution in [0.3, 0.4) is 0 Å². The molecule has 9 heteroatoms. The summed E-state index contributed by atoms with van der Waals surface area (Å²) in [6.07, 6.45) is 1.56. The molecule has 2 aromatic rings. The van der Waals surface area contributed by atoms with Gasteiger partial charge in [-0.15, -0.1) is 12.4 Å². The SMILES string of the molecule is COc1c(Oc2ccc(CCN)cc2)cc(C(=O)N2CCCO2)c(OC)c1OC.Cl. The van der Waals surface area contributed by atoms with Crippen molar-refractivity contribution in [3.63, 3.8) is 0 Å². The van der Waals surface area contributed by atoms with E-state index < -0.39 is 0 Å². The van der Waals surface area contributed by atoms with Crippen molar-refractivity contribution >= 4 is 18.3 Å². The van der Waals surface area contributed by atoms with Gasteiger partial charge in [0.2, 0.25) is 11.5 Å². The van der Waals surface area contributed by atoms with Gasteiger partial charge >= 0.3 is 0 Å². The van der Waals surface area contributed by atoms with Crippen molar-refractivity contribution in [2.75, 3.05) is 41.0 Å². The molecule has 2 N–H and O–H groups in total. The molecule has 0 unspecified atom stereocenters. The fourth-order valence-corrected chi connectivity index (χ4v) is 3.18. The molecule has 8 nitrogen and oxygen atoms in total. The number of rotatable bonds is 8. The van der Waals surface area contributed by atoms with Crippen LogP contribution in [0.15, 0.2) is 30.3 Å². The van der Waals surface area contributed by atoms with E-state index in [1.165, 1.54) is 26.4 Å². The maximum absolute atomic E-state index is 13.0. The van der Waals surface area contributed by atoms with Gasteiger partial charge in [-0.2, -0.15) is 0 Å². The largest absolute Gasteiger partial charge is 0.492 e. The van der Waals surface area contributed by atoms with E-state index in [0.29, 0.717) is 36.9 Å². The summed E-state index contributed by atoms with van der Waals surface area (Å²) in [7, 11) is 4.45. The van der Waals surface area contributed by atoms with Crippen molar-refractivity contribution in [3.8, 4) is 28.7 Å². The van der Waals surface area contributed by atoms with E-state index >= 15 is 0 Å². The second-order valence-corrected chi connectivity index (χ2v) is 6.40. The Hall–Kier alpha value is -2.68. The Balaban J connectivity index is 0.00000320. The van der Waals surface area contributed by atoms with Crippen LogP contribution in [0.4, 0.5) is 0 Å². The molecule has 0 aliphatic carbocycles. The molecule has 0 aromatic heterocycles. The second kappa shape index (κ2) is 10.9. The highest BCUT2D eigenvalue weighted by Gasteiger charge is 2.30. The summed E-state index contributed by atoms with van der Waals surface area (Å²) in [4.78, 5) is 18.4. The zero-order chi connectivity index (χ0) is 20.8. The van der Waals surface area contributed by atoms with Gasteiger partial charge in [0.15, 0.2) is 11.5 Å².